The second kappa shape index (κ2) is 5.98. The van der Waals surface area contributed by atoms with Crippen LogP contribution in [0.5, 0.6) is 0 Å². The van der Waals surface area contributed by atoms with E-state index < -0.39 is 0 Å². The Bertz CT molecular complexity index is 328. The van der Waals surface area contributed by atoms with Crippen molar-refractivity contribution in [1.29, 1.82) is 0 Å². The molecule has 0 heterocycles. The molecule has 72 valence electrons. The standard InChI is InChI=1S/C14H16/c1-3-4-5-7-10-13(2)14-11-8-6-9-12-14/h3-9,11-12H,2,10H2,1H3/b4-3-,7-5?. The molecule has 0 N–H and O–H groups in total. The molecule has 0 saturated heterocycles. The molecule has 1 aromatic rings. The highest BCUT2D eigenvalue weighted by atomic mass is 14.0. The van der Waals surface area contributed by atoms with E-state index in [2.05, 4.69) is 24.8 Å². The summed E-state index contributed by atoms with van der Waals surface area (Å²) in [5, 5.41) is 0. The van der Waals surface area contributed by atoms with Gasteiger partial charge in [-0.15, -0.1) is 0 Å². The fraction of sp³-hybridized carbons (Fsp3) is 0.143. The van der Waals surface area contributed by atoms with Gasteiger partial charge in [0.25, 0.3) is 0 Å². The van der Waals surface area contributed by atoms with Crippen LogP contribution in [0.4, 0.5) is 0 Å². The van der Waals surface area contributed by atoms with Gasteiger partial charge in [0.2, 0.25) is 0 Å². The van der Waals surface area contributed by atoms with Gasteiger partial charge >= 0.3 is 0 Å². The van der Waals surface area contributed by atoms with Gasteiger partial charge in [0.05, 0.1) is 0 Å². The quantitative estimate of drug-likeness (QED) is 0.614. The van der Waals surface area contributed by atoms with E-state index in [1.165, 1.54) is 5.56 Å². The van der Waals surface area contributed by atoms with Crippen molar-refractivity contribution in [1.82, 2.24) is 0 Å². The van der Waals surface area contributed by atoms with Gasteiger partial charge < -0.3 is 0 Å². The van der Waals surface area contributed by atoms with E-state index in [9.17, 15) is 0 Å². The van der Waals surface area contributed by atoms with Crippen LogP contribution >= 0.6 is 0 Å². The van der Waals surface area contributed by atoms with Crippen molar-refractivity contribution in [3.8, 4) is 0 Å². The van der Waals surface area contributed by atoms with Crippen LogP contribution in [0.3, 0.4) is 0 Å². The molecule has 0 bridgehead atoms. The predicted molar refractivity (Wildman–Crippen MR) is 64.0 cm³/mol. The summed E-state index contributed by atoms with van der Waals surface area (Å²) in [6, 6.07) is 10.3. The number of rotatable bonds is 4. The van der Waals surface area contributed by atoms with Gasteiger partial charge in [-0.25, -0.2) is 0 Å². The van der Waals surface area contributed by atoms with Crippen molar-refractivity contribution >= 4 is 5.57 Å². The van der Waals surface area contributed by atoms with Gasteiger partial charge in [0.15, 0.2) is 0 Å². The van der Waals surface area contributed by atoms with Crippen LogP contribution in [0.2, 0.25) is 0 Å². The fourth-order valence-corrected chi connectivity index (χ4v) is 1.19. The second-order valence-corrected chi connectivity index (χ2v) is 3.13. The smallest absolute Gasteiger partial charge is 0.00943 e. The third-order valence-corrected chi connectivity index (χ3v) is 1.99. The van der Waals surface area contributed by atoms with Crippen LogP contribution in [-0.4, -0.2) is 0 Å². The molecule has 0 saturated carbocycles. The van der Waals surface area contributed by atoms with Crippen LogP contribution in [0.25, 0.3) is 5.57 Å². The Labute approximate surface area is 86.3 Å². The van der Waals surface area contributed by atoms with Crippen LogP contribution < -0.4 is 0 Å². The third-order valence-electron chi connectivity index (χ3n) is 1.99. The van der Waals surface area contributed by atoms with Crippen molar-refractivity contribution in [2.24, 2.45) is 0 Å². The van der Waals surface area contributed by atoms with Crippen molar-refractivity contribution in [2.45, 2.75) is 13.3 Å². The van der Waals surface area contributed by atoms with E-state index in [0.29, 0.717) is 0 Å². The van der Waals surface area contributed by atoms with Gasteiger partial charge in [-0.05, 0) is 24.5 Å². The normalized spacial score (nSPS) is 11.2. The molecule has 0 nitrogen and oxygen atoms in total. The number of benzene rings is 1. The Kier molecular flexibility index (Phi) is 4.49. The number of hydrogen-bond donors (Lipinski definition) is 0. The molecule has 1 rings (SSSR count). The molecule has 0 amide bonds. The Balaban J connectivity index is 2.52. The molecule has 0 aliphatic carbocycles. The Morgan fingerprint density at radius 3 is 2.57 bits per heavy atom. The highest BCUT2D eigenvalue weighted by Gasteiger charge is 1.93. The average molecular weight is 184 g/mol. The molecule has 14 heavy (non-hydrogen) atoms. The summed E-state index contributed by atoms with van der Waals surface area (Å²) in [5.74, 6) is 0. The lowest BCUT2D eigenvalue weighted by Gasteiger charge is -2.00. The molecule has 0 unspecified atom stereocenters. The summed E-state index contributed by atoms with van der Waals surface area (Å²) in [7, 11) is 0. The summed E-state index contributed by atoms with van der Waals surface area (Å²) < 4.78 is 0. The summed E-state index contributed by atoms with van der Waals surface area (Å²) in [6.45, 7) is 6.06. The lowest BCUT2D eigenvalue weighted by molar-refractivity contribution is 1.40. The van der Waals surface area contributed by atoms with E-state index in [4.69, 9.17) is 0 Å². The molecule has 0 heteroatoms. The first-order chi connectivity index (χ1) is 6.84. The maximum Gasteiger partial charge on any atom is -0.00943 e. The van der Waals surface area contributed by atoms with Crippen LogP contribution in [-0.2, 0) is 0 Å². The number of allylic oxidation sites excluding steroid dienone is 5. The van der Waals surface area contributed by atoms with Crippen LogP contribution in [0, 0.1) is 0 Å². The van der Waals surface area contributed by atoms with Crippen molar-refractivity contribution in [3.63, 3.8) is 0 Å². The van der Waals surface area contributed by atoms with E-state index in [1.807, 2.05) is 43.4 Å². The molecule has 0 aliphatic heterocycles. The monoisotopic (exact) mass is 184 g/mol. The lowest BCUT2D eigenvalue weighted by Crippen LogP contribution is -1.79. The summed E-state index contributed by atoms with van der Waals surface area (Å²) >= 11 is 0. The van der Waals surface area contributed by atoms with Crippen molar-refractivity contribution in [2.75, 3.05) is 0 Å². The molecule has 0 atom stereocenters. The molecule has 0 fully saturated rings. The van der Waals surface area contributed by atoms with Crippen molar-refractivity contribution in [3.05, 3.63) is 66.8 Å². The van der Waals surface area contributed by atoms with E-state index in [1.54, 1.807) is 0 Å². The lowest BCUT2D eigenvalue weighted by atomic mass is 10.0. The zero-order chi connectivity index (χ0) is 10.2. The van der Waals surface area contributed by atoms with Gasteiger partial charge in [-0.2, -0.15) is 0 Å². The largest absolute Gasteiger partial charge is 0.0949 e. The van der Waals surface area contributed by atoms with Crippen LogP contribution in [0.15, 0.2) is 61.2 Å². The Hall–Kier alpha value is -1.56. The number of hydrogen-bond acceptors (Lipinski definition) is 0. The zero-order valence-corrected chi connectivity index (χ0v) is 8.61. The minimum absolute atomic E-state index is 0.911. The van der Waals surface area contributed by atoms with E-state index in [-0.39, 0.29) is 0 Å². The first-order valence-corrected chi connectivity index (χ1v) is 4.85. The third kappa shape index (κ3) is 3.44. The fourth-order valence-electron chi connectivity index (χ4n) is 1.19. The summed E-state index contributed by atoms with van der Waals surface area (Å²) in [5.41, 5.74) is 2.38. The molecule has 0 radical (unpaired) electrons. The highest BCUT2D eigenvalue weighted by molar-refractivity contribution is 5.64. The van der Waals surface area contributed by atoms with Gasteiger partial charge in [-0.1, -0.05) is 61.2 Å². The topological polar surface area (TPSA) is 0 Å². The first kappa shape index (κ1) is 10.5. The van der Waals surface area contributed by atoms with Gasteiger partial charge in [0.1, 0.15) is 0 Å². The predicted octanol–water partition coefficient (Wildman–Crippen LogP) is 4.22. The average Bonchev–Trinajstić information content (AvgIpc) is 2.25. The van der Waals surface area contributed by atoms with Crippen molar-refractivity contribution < 1.29 is 0 Å². The van der Waals surface area contributed by atoms with E-state index in [0.717, 1.165) is 12.0 Å². The molecule has 1 aromatic carbocycles. The molecule has 0 spiro atoms. The Morgan fingerprint density at radius 1 is 1.21 bits per heavy atom. The van der Waals surface area contributed by atoms with E-state index >= 15 is 0 Å². The first-order valence-electron chi connectivity index (χ1n) is 4.85. The molecule has 0 aromatic heterocycles. The second-order valence-electron chi connectivity index (χ2n) is 3.13. The molecule has 0 aliphatic rings. The van der Waals surface area contributed by atoms with Gasteiger partial charge in [-0.3, -0.25) is 0 Å². The van der Waals surface area contributed by atoms with Crippen LogP contribution in [0.1, 0.15) is 18.9 Å². The molecular weight excluding hydrogens is 168 g/mol. The zero-order valence-electron chi connectivity index (χ0n) is 8.61. The Morgan fingerprint density at radius 2 is 1.93 bits per heavy atom. The highest BCUT2D eigenvalue weighted by Crippen LogP contribution is 2.15. The molecular formula is C14H16. The maximum absolute atomic E-state index is 4.05. The minimum atomic E-state index is 0.911. The maximum atomic E-state index is 4.05. The SMILES string of the molecule is C=C(CC=C/C=C\C)c1ccccc1. The summed E-state index contributed by atoms with van der Waals surface area (Å²) in [4.78, 5) is 0. The van der Waals surface area contributed by atoms with Gasteiger partial charge in [0, 0.05) is 0 Å². The summed E-state index contributed by atoms with van der Waals surface area (Å²) in [6.07, 6.45) is 9.12. The minimum Gasteiger partial charge on any atom is -0.0949 e.